The maximum atomic E-state index is 5.47. The molecular weight excluding hydrogens is 292 g/mol. The molecule has 0 saturated carbocycles. The van der Waals surface area contributed by atoms with E-state index in [0.29, 0.717) is 6.61 Å². The summed E-state index contributed by atoms with van der Waals surface area (Å²) in [6.45, 7) is 4.89. The topological polar surface area (TPSA) is 25.4 Å². The lowest BCUT2D eigenvalue weighted by molar-refractivity contribution is 0.326. The third-order valence-corrected chi connectivity index (χ3v) is 3.82. The summed E-state index contributed by atoms with van der Waals surface area (Å²) < 4.78 is 5.47. The van der Waals surface area contributed by atoms with E-state index in [-0.39, 0.29) is 0 Å². The van der Waals surface area contributed by atoms with Gasteiger partial charge in [0.15, 0.2) is 0 Å². The van der Waals surface area contributed by atoms with Crippen LogP contribution >= 0.6 is 15.9 Å². The molecule has 1 aromatic heterocycles. The Morgan fingerprint density at radius 1 is 1.50 bits per heavy atom. The third kappa shape index (κ3) is 3.61. The first-order valence-electron chi connectivity index (χ1n) is 6.74. The Labute approximate surface area is 118 Å². The van der Waals surface area contributed by atoms with Crippen LogP contribution in [0.25, 0.3) is 0 Å². The number of aromatic nitrogens is 1. The van der Waals surface area contributed by atoms with Crippen molar-refractivity contribution in [3.8, 4) is 5.88 Å². The highest BCUT2D eigenvalue weighted by Gasteiger charge is 2.20. The molecule has 1 unspecified atom stereocenters. The summed E-state index contributed by atoms with van der Waals surface area (Å²) >= 11 is 3.54. The second-order valence-corrected chi connectivity index (χ2v) is 5.49. The molecule has 1 aliphatic heterocycles. The van der Waals surface area contributed by atoms with Crippen LogP contribution in [0.15, 0.2) is 18.2 Å². The van der Waals surface area contributed by atoms with Crippen LogP contribution in [-0.4, -0.2) is 30.0 Å². The van der Waals surface area contributed by atoms with E-state index in [0.717, 1.165) is 36.0 Å². The van der Waals surface area contributed by atoms with Gasteiger partial charge in [-0.2, -0.15) is 4.98 Å². The zero-order valence-corrected chi connectivity index (χ0v) is 12.5. The van der Waals surface area contributed by atoms with Crippen molar-refractivity contribution >= 4 is 21.7 Å². The minimum Gasteiger partial charge on any atom is -0.478 e. The fourth-order valence-electron chi connectivity index (χ4n) is 2.47. The van der Waals surface area contributed by atoms with Gasteiger partial charge in [-0.15, -0.1) is 0 Å². The molecule has 0 aliphatic carbocycles. The molecule has 3 nitrogen and oxygen atoms in total. The van der Waals surface area contributed by atoms with Crippen LogP contribution in [0.1, 0.15) is 26.2 Å². The van der Waals surface area contributed by atoms with Crippen molar-refractivity contribution < 1.29 is 4.74 Å². The quantitative estimate of drug-likeness (QED) is 0.778. The summed E-state index contributed by atoms with van der Waals surface area (Å²) in [7, 11) is 0. The molecule has 1 saturated heterocycles. The lowest BCUT2D eigenvalue weighted by Crippen LogP contribution is -2.36. The fraction of sp³-hybridized carbons (Fsp3) is 0.643. The molecule has 4 heteroatoms. The molecule has 1 atom stereocenters. The van der Waals surface area contributed by atoms with Gasteiger partial charge < -0.3 is 9.64 Å². The molecule has 2 heterocycles. The van der Waals surface area contributed by atoms with Gasteiger partial charge in [-0.25, -0.2) is 0 Å². The zero-order valence-electron chi connectivity index (χ0n) is 10.9. The van der Waals surface area contributed by atoms with Crippen LogP contribution in [0, 0.1) is 5.92 Å². The van der Waals surface area contributed by atoms with E-state index in [4.69, 9.17) is 4.74 Å². The Morgan fingerprint density at radius 3 is 3.17 bits per heavy atom. The van der Waals surface area contributed by atoms with Crippen LogP contribution in [0.5, 0.6) is 5.88 Å². The highest BCUT2D eigenvalue weighted by molar-refractivity contribution is 9.09. The van der Waals surface area contributed by atoms with Gasteiger partial charge in [0.2, 0.25) is 5.88 Å². The van der Waals surface area contributed by atoms with Crippen LogP contribution in [0.2, 0.25) is 0 Å². The predicted molar refractivity (Wildman–Crippen MR) is 78.8 cm³/mol. The number of hydrogen-bond donors (Lipinski definition) is 0. The van der Waals surface area contributed by atoms with Crippen molar-refractivity contribution in [1.29, 1.82) is 0 Å². The second kappa shape index (κ2) is 6.98. The minimum absolute atomic E-state index is 0.669. The molecule has 1 aromatic rings. The Hall–Kier alpha value is -0.770. The van der Waals surface area contributed by atoms with Crippen LogP contribution in [0.3, 0.4) is 0 Å². The molecule has 2 rings (SSSR count). The van der Waals surface area contributed by atoms with E-state index < -0.39 is 0 Å². The summed E-state index contributed by atoms with van der Waals surface area (Å²) in [5.41, 5.74) is 0. The first kappa shape index (κ1) is 13.7. The van der Waals surface area contributed by atoms with E-state index in [1.165, 1.54) is 19.3 Å². The number of hydrogen-bond acceptors (Lipinski definition) is 3. The molecule has 1 aliphatic rings. The van der Waals surface area contributed by atoms with Crippen molar-refractivity contribution in [2.75, 3.05) is 29.9 Å². The Bertz CT molecular complexity index is 371. The summed E-state index contributed by atoms with van der Waals surface area (Å²) in [4.78, 5) is 6.96. The average Bonchev–Trinajstić information content (AvgIpc) is 2.40. The number of pyridine rings is 1. The molecule has 100 valence electrons. The molecule has 18 heavy (non-hydrogen) atoms. The second-order valence-electron chi connectivity index (χ2n) is 4.70. The monoisotopic (exact) mass is 312 g/mol. The Balaban J connectivity index is 2.03. The summed E-state index contributed by atoms with van der Waals surface area (Å²) in [6.07, 6.45) is 3.85. The summed E-state index contributed by atoms with van der Waals surface area (Å²) in [5, 5.41) is 1.10. The molecule has 0 aromatic carbocycles. The Morgan fingerprint density at radius 2 is 2.39 bits per heavy atom. The van der Waals surface area contributed by atoms with E-state index >= 15 is 0 Å². The maximum Gasteiger partial charge on any atom is 0.215 e. The van der Waals surface area contributed by atoms with E-state index in [9.17, 15) is 0 Å². The maximum absolute atomic E-state index is 5.47. The number of nitrogens with zero attached hydrogens (tertiary/aromatic N) is 2. The van der Waals surface area contributed by atoms with Crippen LogP contribution in [0.4, 0.5) is 5.82 Å². The van der Waals surface area contributed by atoms with Crippen LogP contribution < -0.4 is 9.64 Å². The van der Waals surface area contributed by atoms with E-state index in [1.54, 1.807) is 0 Å². The predicted octanol–water partition coefficient (Wildman–Crippen LogP) is 3.48. The summed E-state index contributed by atoms with van der Waals surface area (Å²) in [5.74, 6) is 2.58. The van der Waals surface area contributed by atoms with Gasteiger partial charge in [-0.05, 0) is 38.2 Å². The number of piperidine rings is 1. The number of rotatable bonds is 5. The minimum atomic E-state index is 0.669. The van der Waals surface area contributed by atoms with Crippen molar-refractivity contribution in [1.82, 2.24) is 4.98 Å². The number of anilines is 1. The van der Waals surface area contributed by atoms with Crippen molar-refractivity contribution in [3.63, 3.8) is 0 Å². The van der Waals surface area contributed by atoms with Crippen molar-refractivity contribution in [2.45, 2.75) is 26.2 Å². The normalized spacial score (nSPS) is 19.9. The van der Waals surface area contributed by atoms with E-state index in [1.807, 2.05) is 19.1 Å². The van der Waals surface area contributed by atoms with Gasteiger partial charge >= 0.3 is 0 Å². The largest absolute Gasteiger partial charge is 0.478 e. The molecule has 0 N–H and O–H groups in total. The lowest BCUT2D eigenvalue weighted by Gasteiger charge is -2.33. The number of alkyl halides is 1. The highest BCUT2D eigenvalue weighted by Crippen LogP contribution is 2.25. The van der Waals surface area contributed by atoms with Crippen molar-refractivity contribution in [2.24, 2.45) is 5.92 Å². The molecule has 0 radical (unpaired) electrons. The number of ether oxygens (including phenoxy) is 1. The smallest absolute Gasteiger partial charge is 0.215 e. The molecule has 0 bridgehead atoms. The van der Waals surface area contributed by atoms with Gasteiger partial charge in [0, 0.05) is 24.5 Å². The molecule has 1 fully saturated rings. The van der Waals surface area contributed by atoms with Gasteiger partial charge in [0.1, 0.15) is 5.82 Å². The Kier molecular flexibility index (Phi) is 5.29. The first-order chi connectivity index (χ1) is 8.83. The SMILES string of the molecule is CCOc1cccc(N2CCCC(CCBr)C2)n1. The summed E-state index contributed by atoms with van der Waals surface area (Å²) in [6, 6.07) is 6.04. The molecule has 0 amide bonds. The number of halogens is 1. The van der Waals surface area contributed by atoms with Gasteiger partial charge in [0.05, 0.1) is 6.61 Å². The standard InChI is InChI=1S/C14H21BrN2O/c1-2-18-14-7-3-6-13(16-14)17-10-4-5-12(11-17)8-9-15/h3,6-7,12H,2,4-5,8-11H2,1H3. The zero-order chi connectivity index (χ0) is 12.8. The first-order valence-corrected chi connectivity index (χ1v) is 7.86. The van der Waals surface area contributed by atoms with Gasteiger partial charge in [0.25, 0.3) is 0 Å². The molecule has 0 spiro atoms. The molecular formula is C14H21BrN2O. The van der Waals surface area contributed by atoms with Gasteiger partial charge in [-0.1, -0.05) is 22.0 Å². The third-order valence-electron chi connectivity index (χ3n) is 3.36. The average molecular weight is 313 g/mol. The van der Waals surface area contributed by atoms with Crippen molar-refractivity contribution in [3.05, 3.63) is 18.2 Å². The van der Waals surface area contributed by atoms with Crippen LogP contribution in [-0.2, 0) is 0 Å². The lowest BCUT2D eigenvalue weighted by atomic mass is 9.96. The highest BCUT2D eigenvalue weighted by atomic mass is 79.9. The van der Waals surface area contributed by atoms with Gasteiger partial charge in [-0.3, -0.25) is 0 Å². The fourth-order valence-corrected chi connectivity index (χ4v) is 3.12. The van der Waals surface area contributed by atoms with E-state index in [2.05, 4.69) is 31.9 Å².